The Balaban J connectivity index is 1.71. The van der Waals surface area contributed by atoms with Crippen LogP contribution < -0.4 is 10.8 Å². The SMILES string of the molecule is [B]c1ccc2c(c1)CCC(N[C@@H](C)c1ccccc1)=C2Cc1ccccc1. The van der Waals surface area contributed by atoms with Crippen LogP contribution in [0.3, 0.4) is 0 Å². The fraction of sp³-hybridized carbons (Fsp3) is 0.200. The molecule has 1 aliphatic carbocycles. The molecule has 0 aromatic heterocycles. The largest absolute Gasteiger partial charge is 0.382 e. The van der Waals surface area contributed by atoms with Gasteiger partial charge in [-0.3, -0.25) is 0 Å². The zero-order valence-corrected chi connectivity index (χ0v) is 15.8. The van der Waals surface area contributed by atoms with Crippen LogP contribution in [0.25, 0.3) is 5.57 Å². The third-order valence-corrected chi connectivity index (χ3v) is 5.38. The van der Waals surface area contributed by atoms with Crippen LogP contribution in [0.5, 0.6) is 0 Å². The summed E-state index contributed by atoms with van der Waals surface area (Å²) in [5, 5.41) is 3.81. The fourth-order valence-electron chi connectivity index (χ4n) is 3.94. The summed E-state index contributed by atoms with van der Waals surface area (Å²) in [5.74, 6) is 0. The lowest BCUT2D eigenvalue weighted by Gasteiger charge is -2.28. The minimum Gasteiger partial charge on any atom is -0.382 e. The Morgan fingerprint density at radius 2 is 1.59 bits per heavy atom. The summed E-state index contributed by atoms with van der Waals surface area (Å²) in [6.07, 6.45) is 2.99. The molecular formula is C25H24BN. The highest BCUT2D eigenvalue weighted by Crippen LogP contribution is 2.33. The first-order chi connectivity index (χ1) is 13.2. The first-order valence-corrected chi connectivity index (χ1v) is 9.67. The molecule has 0 saturated heterocycles. The third-order valence-electron chi connectivity index (χ3n) is 5.38. The Morgan fingerprint density at radius 1 is 0.889 bits per heavy atom. The summed E-state index contributed by atoms with van der Waals surface area (Å²) in [4.78, 5) is 0. The highest BCUT2D eigenvalue weighted by molar-refractivity contribution is 6.32. The molecule has 3 aromatic carbocycles. The van der Waals surface area contributed by atoms with E-state index < -0.39 is 0 Å². The van der Waals surface area contributed by atoms with Gasteiger partial charge in [0.25, 0.3) is 0 Å². The zero-order valence-electron chi connectivity index (χ0n) is 15.8. The van der Waals surface area contributed by atoms with Crippen LogP contribution in [0.2, 0.25) is 0 Å². The fourth-order valence-corrected chi connectivity index (χ4v) is 3.94. The third kappa shape index (κ3) is 4.00. The van der Waals surface area contributed by atoms with Crippen LogP contribution in [0.4, 0.5) is 0 Å². The van der Waals surface area contributed by atoms with Crippen molar-refractivity contribution in [1.29, 1.82) is 0 Å². The Kier molecular flexibility index (Phi) is 5.15. The maximum absolute atomic E-state index is 6.04. The predicted octanol–water partition coefficient (Wildman–Crippen LogP) is 4.73. The van der Waals surface area contributed by atoms with Crippen molar-refractivity contribution in [2.75, 3.05) is 0 Å². The van der Waals surface area contributed by atoms with E-state index in [1.807, 2.05) is 6.07 Å². The summed E-state index contributed by atoms with van der Waals surface area (Å²) < 4.78 is 0. The first-order valence-electron chi connectivity index (χ1n) is 9.67. The topological polar surface area (TPSA) is 12.0 Å². The van der Waals surface area contributed by atoms with Gasteiger partial charge in [0, 0.05) is 11.7 Å². The second-order valence-electron chi connectivity index (χ2n) is 7.31. The van der Waals surface area contributed by atoms with Crippen LogP contribution >= 0.6 is 0 Å². The molecule has 132 valence electrons. The average Bonchev–Trinajstić information content (AvgIpc) is 2.71. The molecule has 1 N–H and O–H groups in total. The van der Waals surface area contributed by atoms with Gasteiger partial charge in [-0.15, -0.1) is 0 Å². The van der Waals surface area contributed by atoms with Crippen molar-refractivity contribution < 1.29 is 0 Å². The van der Waals surface area contributed by atoms with Gasteiger partial charge in [0.15, 0.2) is 0 Å². The van der Waals surface area contributed by atoms with E-state index in [4.69, 9.17) is 7.85 Å². The van der Waals surface area contributed by atoms with E-state index >= 15 is 0 Å². The second-order valence-corrected chi connectivity index (χ2v) is 7.31. The molecule has 0 unspecified atom stereocenters. The number of aryl methyl sites for hydroxylation is 1. The zero-order chi connectivity index (χ0) is 18.6. The molecule has 3 aromatic rings. The van der Waals surface area contributed by atoms with Crippen molar-refractivity contribution in [2.45, 2.75) is 32.2 Å². The van der Waals surface area contributed by atoms with Gasteiger partial charge in [-0.05, 0) is 54.0 Å². The van der Waals surface area contributed by atoms with Gasteiger partial charge in [0.05, 0.1) is 0 Å². The Hall–Kier alpha value is -2.74. The normalized spacial score (nSPS) is 14.6. The van der Waals surface area contributed by atoms with Crippen LogP contribution in [0.1, 0.15) is 41.6 Å². The van der Waals surface area contributed by atoms with Crippen molar-refractivity contribution >= 4 is 18.9 Å². The van der Waals surface area contributed by atoms with Crippen molar-refractivity contribution in [3.05, 3.63) is 107 Å². The van der Waals surface area contributed by atoms with Gasteiger partial charge in [0.2, 0.25) is 0 Å². The molecule has 0 amide bonds. The second kappa shape index (κ2) is 7.88. The monoisotopic (exact) mass is 349 g/mol. The number of allylic oxidation sites excluding steroid dienone is 2. The van der Waals surface area contributed by atoms with Crippen LogP contribution in [0.15, 0.2) is 84.6 Å². The quantitative estimate of drug-likeness (QED) is 0.657. The molecule has 1 atom stereocenters. The molecule has 4 rings (SSSR count). The molecule has 27 heavy (non-hydrogen) atoms. The Bertz CT molecular complexity index is 945. The highest BCUT2D eigenvalue weighted by Gasteiger charge is 2.20. The number of hydrogen-bond acceptors (Lipinski definition) is 1. The molecule has 0 spiro atoms. The van der Waals surface area contributed by atoms with E-state index in [9.17, 15) is 0 Å². The van der Waals surface area contributed by atoms with Crippen LogP contribution in [-0.2, 0) is 12.8 Å². The Morgan fingerprint density at radius 3 is 2.33 bits per heavy atom. The van der Waals surface area contributed by atoms with Crippen molar-refractivity contribution in [1.82, 2.24) is 5.32 Å². The van der Waals surface area contributed by atoms with Gasteiger partial charge >= 0.3 is 0 Å². The standard InChI is InChI=1S/C25H24BN/c1-18(20-10-6-3-7-11-20)27-25-15-12-21-17-22(26)13-14-23(21)24(25)16-19-8-4-2-5-9-19/h2-11,13-14,17-18,27H,12,15-16H2,1H3/t18-/m0/s1. The number of rotatable bonds is 5. The molecule has 0 heterocycles. The van der Waals surface area contributed by atoms with E-state index in [1.54, 1.807) is 0 Å². The number of hydrogen-bond donors (Lipinski definition) is 1. The maximum Gasteiger partial charge on any atom is 0.113 e. The van der Waals surface area contributed by atoms with Crippen molar-refractivity contribution in [3.8, 4) is 0 Å². The molecule has 0 bridgehead atoms. The number of benzene rings is 3. The summed E-state index contributed by atoms with van der Waals surface area (Å²) in [6, 6.07) is 28.0. The smallest absolute Gasteiger partial charge is 0.113 e. The minimum atomic E-state index is 0.280. The van der Waals surface area contributed by atoms with Crippen LogP contribution in [-0.4, -0.2) is 7.85 Å². The molecule has 1 nitrogen and oxygen atoms in total. The lowest BCUT2D eigenvalue weighted by atomic mass is 9.81. The van der Waals surface area contributed by atoms with Gasteiger partial charge in [-0.2, -0.15) is 0 Å². The molecule has 0 saturated carbocycles. The van der Waals surface area contributed by atoms with E-state index in [-0.39, 0.29) is 6.04 Å². The molecule has 2 radical (unpaired) electrons. The molecule has 2 heteroatoms. The van der Waals surface area contributed by atoms with Gasteiger partial charge in [-0.25, -0.2) is 0 Å². The summed E-state index contributed by atoms with van der Waals surface area (Å²) in [6.45, 7) is 2.24. The van der Waals surface area contributed by atoms with Crippen molar-refractivity contribution in [3.63, 3.8) is 0 Å². The molecular weight excluding hydrogens is 325 g/mol. The van der Waals surface area contributed by atoms with E-state index in [0.717, 1.165) is 24.7 Å². The van der Waals surface area contributed by atoms with Gasteiger partial charge in [-0.1, -0.05) is 84.3 Å². The van der Waals surface area contributed by atoms with E-state index in [0.29, 0.717) is 0 Å². The summed E-state index contributed by atoms with van der Waals surface area (Å²) >= 11 is 0. The average molecular weight is 349 g/mol. The van der Waals surface area contributed by atoms with Crippen molar-refractivity contribution in [2.24, 2.45) is 0 Å². The predicted molar refractivity (Wildman–Crippen MR) is 115 cm³/mol. The number of nitrogens with one attached hydrogen (secondary N) is 1. The Labute approximate surface area is 163 Å². The maximum atomic E-state index is 6.04. The highest BCUT2D eigenvalue weighted by atomic mass is 14.9. The lowest BCUT2D eigenvalue weighted by Crippen LogP contribution is -2.23. The van der Waals surface area contributed by atoms with Gasteiger partial charge < -0.3 is 5.32 Å². The van der Waals surface area contributed by atoms with Gasteiger partial charge in [0.1, 0.15) is 7.85 Å². The molecule has 1 aliphatic rings. The lowest BCUT2D eigenvalue weighted by molar-refractivity contribution is 0.623. The minimum absolute atomic E-state index is 0.280. The summed E-state index contributed by atoms with van der Waals surface area (Å²) in [7, 11) is 6.04. The number of fused-ring (bicyclic) bond motifs is 1. The first kappa shape index (κ1) is 17.7. The summed E-state index contributed by atoms with van der Waals surface area (Å²) in [5.41, 5.74) is 8.94. The van der Waals surface area contributed by atoms with E-state index in [1.165, 1.54) is 33.5 Å². The van der Waals surface area contributed by atoms with Crippen LogP contribution in [0, 0.1) is 0 Å². The van der Waals surface area contributed by atoms with E-state index in [2.05, 4.69) is 85.0 Å². The molecule has 0 aliphatic heterocycles. The molecule has 0 fully saturated rings.